The van der Waals surface area contributed by atoms with Crippen molar-refractivity contribution < 1.29 is 27.8 Å². The third-order valence-corrected chi connectivity index (χ3v) is 5.87. The molecule has 6 nitrogen and oxygen atoms in total. The quantitative estimate of drug-likeness (QED) is 0.786. The lowest BCUT2D eigenvalue weighted by Crippen LogP contribution is -2.44. The van der Waals surface area contributed by atoms with E-state index in [1.807, 2.05) is 0 Å². The molecule has 7 heteroatoms. The van der Waals surface area contributed by atoms with Crippen LogP contribution in [0.3, 0.4) is 0 Å². The van der Waals surface area contributed by atoms with Crippen LogP contribution in [0.4, 0.5) is 0 Å². The van der Waals surface area contributed by atoms with E-state index >= 15 is 0 Å². The van der Waals surface area contributed by atoms with Crippen LogP contribution < -0.4 is 4.74 Å². The molecular weight excluding hydrogens is 332 g/mol. The van der Waals surface area contributed by atoms with E-state index in [0.29, 0.717) is 18.8 Å². The maximum Gasteiger partial charge on any atom is 0.325 e. The summed E-state index contributed by atoms with van der Waals surface area (Å²) in [4.78, 5) is 11.5. The SMILES string of the molecule is CC#CCOc1ccc(S(=O)(=O)C(C(=O)O)C2CCCCO2)cc1. The predicted octanol–water partition coefficient (Wildman–Crippen LogP) is 1.88. The molecule has 2 atom stereocenters. The average Bonchev–Trinajstić information content (AvgIpc) is 2.56. The van der Waals surface area contributed by atoms with Gasteiger partial charge >= 0.3 is 5.97 Å². The van der Waals surface area contributed by atoms with E-state index in [1.165, 1.54) is 24.3 Å². The molecule has 0 amide bonds. The monoisotopic (exact) mass is 352 g/mol. The minimum atomic E-state index is -4.05. The number of hydrogen-bond acceptors (Lipinski definition) is 5. The molecule has 2 unspecified atom stereocenters. The Kier molecular flexibility index (Phi) is 6.23. The topological polar surface area (TPSA) is 89.9 Å². The Morgan fingerprint density at radius 3 is 2.62 bits per heavy atom. The van der Waals surface area contributed by atoms with E-state index in [1.54, 1.807) is 6.92 Å². The molecule has 1 saturated heterocycles. The predicted molar refractivity (Wildman–Crippen MR) is 87.6 cm³/mol. The zero-order chi connectivity index (χ0) is 17.6. The van der Waals surface area contributed by atoms with Crippen molar-refractivity contribution in [2.24, 2.45) is 0 Å². The summed E-state index contributed by atoms with van der Waals surface area (Å²) in [5.41, 5.74) is 0. The Morgan fingerprint density at radius 1 is 1.38 bits per heavy atom. The molecule has 1 fully saturated rings. The van der Waals surface area contributed by atoms with Gasteiger partial charge in [-0.05, 0) is 50.5 Å². The Hall–Kier alpha value is -2.04. The molecule has 130 valence electrons. The first-order valence-electron chi connectivity index (χ1n) is 7.67. The fourth-order valence-electron chi connectivity index (χ4n) is 2.56. The maximum atomic E-state index is 12.7. The van der Waals surface area contributed by atoms with Gasteiger partial charge in [0.25, 0.3) is 0 Å². The van der Waals surface area contributed by atoms with E-state index in [9.17, 15) is 18.3 Å². The number of sulfone groups is 1. The molecule has 0 aliphatic carbocycles. The molecule has 0 aromatic heterocycles. The number of carbonyl (C=O) groups is 1. The van der Waals surface area contributed by atoms with Crippen LogP contribution in [0, 0.1) is 11.8 Å². The Morgan fingerprint density at radius 2 is 2.08 bits per heavy atom. The molecule has 1 aliphatic heterocycles. The second-order valence-electron chi connectivity index (χ2n) is 5.40. The third kappa shape index (κ3) is 4.28. The van der Waals surface area contributed by atoms with Gasteiger partial charge in [0.15, 0.2) is 15.1 Å². The molecule has 1 aromatic rings. The van der Waals surface area contributed by atoms with Gasteiger partial charge < -0.3 is 14.6 Å². The van der Waals surface area contributed by atoms with Crippen molar-refractivity contribution >= 4 is 15.8 Å². The summed E-state index contributed by atoms with van der Waals surface area (Å²) >= 11 is 0. The van der Waals surface area contributed by atoms with E-state index in [-0.39, 0.29) is 11.5 Å². The minimum Gasteiger partial charge on any atom is -0.481 e. The van der Waals surface area contributed by atoms with Crippen LogP contribution in [0.1, 0.15) is 26.2 Å². The minimum absolute atomic E-state index is 0.0574. The summed E-state index contributed by atoms with van der Waals surface area (Å²) < 4.78 is 36.2. The molecule has 1 N–H and O–H groups in total. The maximum absolute atomic E-state index is 12.7. The van der Waals surface area contributed by atoms with Crippen molar-refractivity contribution in [3.63, 3.8) is 0 Å². The van der Waals surface area contributed by atoms with Crippen molar-refractivity contribution in [2.45, 2.75) is 42.4 Å². The zero-order valence-corrected chi connectivity index (χ0v) is 14.2. The van der Waals surface area contributed by atoms with Crippen molar-refractivity contribution in [3.8, 4) is 17.6 Å². The molecule has 1 aromatic carbocycles. The molecule has 0 radical (unpaired) electrons. The highest BCUT2D eigenvalue weighted by Gasteiger charge is 2.42. The van der Waals surface area contributed by atoms with Gasteiger partial charge in [-0.1, -0.05) is 5.92 Å². The van der Waals surface area contributed by atoms with Crippen molar-refractivity contribution in [2.75, 3.05) is 13.2 Å². The second kappa shape index (κ2) is 8.18. The largest absolute Gasteiger partial charge is 0.481 e. The smallest absolute Gasteiger partial charge is 0.325 e. The first kappa shape index (κ1) is 18.3. The summed E-state index contributed by atoms with van der Waals surface area (Å²) in [5.74, 6) is 4.50. The first-order valence-corrected chi connectivity index (χ1v) is 9.22. The number of benzene rings is 1. The molecule has 0 saturated carbocycles. The fourth-order valence-corrected chi connectivity index (χ4v) is 4.25. The molecule has 24 heavy (non-hydrogen) atoms. The highest BCUT2D eigenvalue weighted by atomic mass is 32.2. The highest BCUT2D eigenvalue weighted by Crippen LogP contribution is 2.27. The van der Waals surface area contributed by atoms with Gasteiger partial charge in [-0.2, -0.15) is 0 Å². The van der Waals surface area contributed by atoms with E-state index in [4.69, 9.17) is 9.47 Å². The standard InChI is InChI=1S/C17H20O6S/c1-2-3-11-22-13-7-9-14(10-8-13)24(20,21)16(17(18)19)15-6-4-5-12-23-15/h7-10,15-16H,4-6,11-12H2,1H3,(H,18,19). The summed E-state index contributed by atoms with van der Waals surface area (Å²) in [5, 5.41) is 7.82. The van der Waals surface area contributed by atoms with Crippen LogP contribution in [-0.2, 0) is 19.4 Å². The lowest BCUT2D eigenvalue weighted by Gasteiger charge is -2.27. The van der Waals surface area contributed by atoms with Crippen LogP contribution in [0.5, 0.6) is 5.75 Å². The van der Waals surface area contributed by atoms with Gasteiger partial charge in [0, 0.05) is 6.61 Å². The van der Waals surface area contributed by atoms with Gasteiger partial charge in [-0.3, -0.25) is 4.79 Å². The molecule has 1 heterocycles. The lowest BCUT2D eigenvalue weighted by molar-refractivity contribution is -0.140. The van der Waals surface area contributed by atoms with Gasteiger partial charge in [0.2, 0.25) is 0 Å². The van der Waals surface area contributed by atoms with Crippen molar-refractivity contribution in [1.82, 2.24) is 0 Å². The van der Waals surface area contributed by atoms with Gasteiger partial charge in [-0.15, -0.1) is 5.92 Å². The lowest BCUT2D eigenvalue weighted by atomic mass is 10.1. The first-order chi connectivity index (χ1) is 11.5. The molecular formula is C17H20O6S. The van der Waals surface area contributed by atoms with Crippen LogP contribution in [0.25, 0.3) is 0 Å². The fraction of sp³-hybridized carbons (Fsp3) is 0.471. The van der Waals surface area contributed by atoms with E-state index < -0.39 is 27.2 Å². The van der Waals surface area contributed by atoms with Gasteiger partial charge in [0.1, 0.15) is 12.4 Å². The number of carboxylic acid groups (broad SMARTS) is 1. The summed E-state index contributed by atoms with van der Waals surface area (Å²) in [6.07, 6.45) is 1.18. The number of carboxylic acids is 1. The third-order valence-electron chi connectivity index (χ3n) is 3.77. The number of rotatable bonds is 6. The van der Waals surface area contributed by atoms with E-state index in [0.717, 1.165) is 12.8 Å². The molecule has 2 rings (SSSR count). The molecule has 1 aliphatic rings. The summed E-state index contributed by atoms with van der Waals surface area (Å²) in [7, 11) is -4.05. The number of aliphatic carboxylic acids is 1. The van der Waals surface area contributed by atoms with Crippen molar-refractivity contribution in [3.05, 3.63) is 24.3 Å². The van der Waals surface area contributed by atoms with Crippen LogP contribution in [0.2, 0.25) is 0 Å². The van der Waals surface area contributed by atoms with E-state index in [2.05, 4.69) is 11.8 Å². The molecule has 0 spiro atoms. The van der Waals surface area contributed by atoms with Crippen LogP contribution in [0.15, 0.2) is 29.2 Å². The highest BCUT2D eigenvalue weighted by molar-refractivity contribution is 7.92. The zero-order valence-electron chi connectivity index (χ0n) is 13.4. The van der Waals surface area contributed by atoms with Crippen LogP contribution in [-0.4, -0.2) is 44.1 Å². The summed E-state index contributed by atoms with van der Waals surface area (Å²) in [6.45, 7) is 2.28. The normalized spacial score (nSPS) is 19.0. The Balaban J connectivity index is 2.22. The van der Waals surface area contributed by atoms with Crippen molar-refractivity contribution in [1.29, 1.82) is 0 Å². The number of ether oxygens (including phenoxy) is 2. The van der Waals surface area contributed by atoms with Gasteiger partial charge in [0.05, 0.1) is 11.0 Å². The Labute approximate surface area is 141 Å². The van der Waals surface area contributed by atoms with Crippen LogP contribution >= 0.6 is 0 Å². The molecule has 0 bridgehead atoms. The Bertz CT molecular complexity index is 721. The van der Waals surface area contributed by atoms with Gasteiger partial charge in [-0.25, -0.2) is 8.42 Å². The number of hydrogen-bond donors (Lipinski definition) is 1. The average molecular weight is 352 g/mol. The second-order valence-corrected chi connectivity index (χ2v) is 7.47. The summed E-state index contributed by atoms with van der Waals surface area (Å²) in [6, 6.07) is 5.68.